The SMILES string of the molecule is CC(C)(C)OC(=O)COc1ccc(-c2coc3cc(O)cc(O)c3c2=O)cc1.COc1ccc(NC(=O)COCCOCCNC(=O)COc2ccc(-c3coc4cc(O)cc(O)c4c3=O)cc2)c(O)c1C(N)=O.O=C(O)COc1ccc(-c2coc3cc(O)cc(O)c3c2=O)cc1. The summed E-state index contributed by atoms with van der Waals surface area (Å²) in [5.74, 6) is -4.54. The van der Waals surface area contributed by atoms with E-state index in [1.807, 2.05) is 0 Å². The van der Waals surface area contributed by atoms with Gasteiger partial charge in [-0.2, -0.15) is 0 Å². The maximum atomic E-state index is 12.9. The number of anilines is 1. The highest BCUT2D eigenvalue weighted by molar-refractivity contribution is 6.03. The lowest BCUT2D eigenvalue weighted by Crippen LogP contribution is -2.32. The van der Waals surface area contributed by atoms with Crippen LogP contribution in [0.15, 0.2) is 168 Å². The number of phenols is 7. The molecule has 10 aromatic rings. The highest BCUT2D eigenvalue weighted by Crippen LogP contribution is 2.36. The number of carbonyl (C=O) groups excluding carboxylic acids is 4. The maximum Gasteiger partial charge on any atom is 0.344 e. The van der Waals surface area contributed by atoms with Crippen LogP contribution in [-0.2, 0) is 33.4 Å². The molecule has 29 heteroatoms. The van der Waals surface area contributed by atoms with E-state index in [9.17, 15) is 74.1 Å². The molecule has 0 aliphatic heterocycles. The number of fused-ring (bicyclic) bond motifs is 3. The zero-order valence-electron chi connectivity index (χ0n) is 52.4. The summed E-state index contributed by atoms with van der Waals surface area (Å²) in [4.78, 5) is 96.1. The standard InChI is InChI=1S/C31H31N3O12.C21H20O7.C17H12O7/c1-42-23-7-6-21(30(40)28(23)31(32)41)34-26(38)15-44-11-10-43-9-8-33-25(37)16-45-19-4-2-17(3-5-19)20-14-46-24-13-18(35)12-22(36)27(24)29(20)39;1-21(2,3)28-18(24)11-26-14-6-4-12(5-7-14)15-10-27-17-9-13(22)8-16(23)19(17)20(15)25;18-10-5-13(19)16-14(6-10)24-7-12(17(16)22)9-1-3-11(4-2-9)23-8-15(20)21/h2-7,12-14,35-36,40H,8-11,15-16H2,1H3,(H2,32,41)(H,33,37)(H,34,38);4-10,22-23H,11H2,1-3H3;1-7,18-19H,8H2,(H,20,21). The number of primary amides is 1. The normalized spacial score (nSPS) is 10.9. The zero-order valence-corrected chi connectivity index (χ0v) is 52.4. The molecule has 0 aliphatic rings. The number of methoxy groups -OCH3 is 1. The van der Waals surface area contributed by atoms with Crippen LogP contribution in [-0.4, -0.2) is 136 Å². The molecule has 12 N–H and O–H groups in total. The van der Waals surface area contributed by atoms with Crippen molar-refractivity contribution in [1.82, 2.24) is 5.32 Å². The van der Waals surface area contributed by atoms with Crippen LogP contribution in [0.1, 0.15) is 31.1 Å². The molecule has 10 rings (SSSR count). The molecule has 98 heavy (non-hydrogen) atoms. The van der Waals surface area contributed by atoms with Crippen LogP contribution < -0.4 is 51.6 Å². The molecular weight excluding hydrogens is 1290 g/mol. The van der Waals surface area contributed by atoms with Gasteiger partial charge < -0.3 is 104 Å². The highest BCUT2D eigenvalue weighted by Gasteiger charge is 2.22. The van der Waals surface area contributed by atoms with E-state index in [4.69, 9.17) is 57.2 Å². The summed E-state index contributed by atoms with van der Waals surface area (Å²) in [5, 5.41) is 82.2. The Labute approximate surface area is 553 Å². The van der Waals surface area contributed by atoms with E-state index in [1.54, 1.807) is 81.4 Å². The number of phenolic OH excluding ortho intramolecular Hbond substituents is 6. The molecule has 29 nitrogen and oxygen atoms in total. The monoisotopic (exact) mass is 1350 g/mol. The van der Waals surface area contributed by atoms with Crippen molar-refractivity contribution in [2.24, 2.45) is 5.73 Å². The van der Waals surface area contributed by atoms with Crippen LogP contribution in [0.2, 0.25) is 0 Å². The molecule has 0 saturated heterocycles. The van der Waals surface area contributed by atoms with Crippen LogP contribution in [0, 0.1) is 0 Å². The van der Waals surface area contributed by atoms with Crippen molar-refractivity contribution < 1.29 is 111 Å². The fourth-order valence-electron chi connectivity index (χ4n) is 9.22. The van der Waals surface area contributed by atoms with E-state index in [0.717, 1.165) is 18.2 Å². The number of benzene rings is 7. The third-order valence-corrected chi connectivity index (χ3v) is 13.6. The molecule has 0 bridgehead atoms. The Morgan fingerprint density at radius 3 is 1.31 bits per heavy atom. The van der Waals surface area contributed by atoms with Gasteiger partial charge in [0.1, 0.15) is 127 Å². The van der Waals surface area contributed by atoms with Gasteiger partial charge in [-0.1, -0.05) is 36.4 Å². The molecular formula is C69H63N3O26. The average Bonchev–Trinajstić information content (AvgIpc) is 0.795. The molecule has 0 atom stereocenters. The predicted octanol–water partition coefficient (Wildman–Crippen LogP) is 7.78. The lowest BCUT2D eigenvalue weighted by Gasteiger charge is -2.19. The van der Waals surface area contributed by atoms with Crippen molar-refractivity contribution in [3.63, 3.8) is 0 Å². The summed E-state index contributed by atoms with van der Waals surface area (Å²) in [6.45, 7) is 4.60. The summed E-state index contributed by atoms with van der Waals surface area (Å²) in [6.07, 6.45) is 3.73. The van der Waals surface area contributed by atoms with Gasteiger partial charge in [0.2, 0.25) is 22.2 Å². The van der Waals surface area contributed by atoms with Crippen LogP contribution in [0.3, 0.4) is 0 Å². The molecule has 0 spiro atoms. The van der Waals surface area contributed by atoms with Crippen LogP contribution in [0.5, 0.6) is 63.2 Å². The molecule has 0 saturated carbocycles. The predicted molar refractivity (Wildman–Crippen MR) is 350 cm³/mol. The molecule has 0 radical (unpaired) electrons. The van der Waals surface area contributed by atoms with E-state index in [0.29, 0.717) is 33.9 Å². The largest absolute Gasteiger partial charge is 0.508 e. The second-order valence-corrected chi connectivity index (χ2v) is 21.8. The summed E-state index contributed by atoms with van der Waals surface area (Å²) in [7, 11) is 1.31. The first-order valence-corrected chi connectivity index (χ1v) is 29.2. The van der Waals surface area contributed by atoms with E-state index >= 15 is 0 Å². The lowest BCUT2D eigenvalue weighted by atomic mass is 10.0. The van der Waals surface area contributed by atoms with Crippen molar-refractivity contribution in [2.45, 2.75) is 26.4 Å². The fraction of sp³-hybridized carbons (Fsp3) is 0.188. The molecule has 7 aromatic carbocycles. The number of carbonyl (C=O) groups is 5. The van der Waals surface area contributed by atoms with Gasteiger partial charge in [0.05, 0.1) is 49.3 Å². The summed E-state index contributed by atoms with van der Waals surface area (Å²) in [5.41, 5.74) is 5.45. The number of hydrogen-bond donors (Lipinski definition) is 11. The molecule has 510 valence electrons. The minimum atomic E-state index is -1.09. The minimum absolute atomic E-state index is 0.0134. The quantitative estimate of drug-likeness (QED) is 0.0165. The first kappa shape index (κ1) is 71.1. The summed E-state index contributed by atoms with van der Waals surface area (Å²) >= 11 is 0. The van der Waals surface area contributed by atoms with Crippen LogP contribution in [0.4, 0.5) is 5.69 Å². The number of aliphatic carboxylic acids is 1. The van der Waals surface area contributed by atoms with Crippen molar-refractivity contribution >= 4 is 68.3 Å². The number of carboxylic acid groups (broad SMARTS) is 1. The van der Waals surface area contributed by atoms with Crippen molar-refractivity contribution in [3.8, 4) is 96.6 Å². The number of rotatable bonds is 23. The van der Waals surface area contributed by atoms with Gasteiger partial charge in [-0.25, -0.2) is 9.59 Å². The number of ether oxygens (including phenoxy) is 7. The molecule has 3 amide bonds. The zero-order chi connectivity index (χ0) is 71.0. The van der Waals surface area contributed by atoms with E-state index in [1.165, 1.54) is 68.4 Å². The Bertz CT molecular complexity index is 4770. The lowest BCUT2D eigenvalue weighted by molar-refractivity contribution is -0.157. The summed E-state index contributed by atoms with van der Waals surface area (Å²) < 4.78 is 52.8. The number of aromatic hydroxyl groups is 7. The fourth-order valence-corrected chi connectivity index (χ4v) is 9.22. The Morgan fingerprint density at radius 2 is 0.908 bits per heavy atom. The molecule has 0 fully saturated rings. The van der Waals surface area contributed by atoms with Gasteiger partial charge in [-0.05, 0) is 86.0 Å². The van der Waals surface area contributed by atoms with Crippen LogP contribution >= 0.6 is 0 Å². The van der Waals surface area contributed by atoms with E-state index in [2.05, 4.69) is 10.6 Å². The number of nitrogens with one attached hydrogen (secondary N) is 2. The Hall–Kier alpha value is -12.8. The Balaban J connectivity index is 0.000000201. The van der Waals surface area contributed by atoms with Gasteiger partial charge in [0.25, 0.3) is 11.8 Å². The summed E-state index contributed by atoms with van der Waals surface area (Å²) in [6, 6.07) is 28.7. The molecule has 0 unspecified atom stereocenters. The molecule has 3 aromatic heterocycles. The minimum Gasteiger partial charge on any atom is -0.508 e. The Morgan fingerprint density at radius 1 is 0.500 bits per heavy atom. The van der Waals surface area contributed by atoms with Gasteiger partial charge >= 0.3 is 11.9 Å². The van der Waals surface area contributed by atoms with Crippen molar-refractivity contribution in [3.05, 3.63) is 176 Å². The van der Waals surface area contributed by atoms with Gasteiger partial charge in [-0.15, -0.1) is 0 Å². The second kappa shape index (κ2) is 31.9. The number of carboxylic acids is 1. The number of nitrogens with two attached hydrogens (primary N) is 1. The first-order valence-electron chi connectivity index (χ1n) is 29.2. The first-order chi connectivity index (χ1) is 46.7. The number of esters is 1. The van der Waals surface area contributed by atoms with E-state index in [-0.39, 0.29) is 142 Å². The Kier molecular flexibility index (Phi) is 23.2. The average molecular weight is 1350 g/mol. The van der Waals surface area contributed by atoms with Crippen molar-refractivity contribution in [2.75, 3.05) is 65.2 Å². The van der Waals surface area contributed by atoms with Crippen molar-refractivity contribution in [1.29, 1.82) is 0 Å². The molecule has 0 aliphatic carbocycles. The number of amides is 3. The van der Waals surface area contributed by atoms with Gasteiger partial charge in [0, 0.05) is 42.9 Å². The second-order valence-electron chi connectivity index (χ2n) is 21.8. The maximum absolute atomic E-state index is 12.9. The third-order valence-electron chi connectivity index (χ3n) is 13.6. The molecule has 3 heterocycles. The van der Waals surface area contributed by atoms with E-state index < -0.39 is 69.7 Å². The highest BCUT2D eigenvalue weighted by atomic mass is 16.6. The smallest absolute Gasteiger partial charge is 0.344 e. The van der Waals surface area contributed by atoms with Gasteiger partial charge in [0.15, 0.2) is 25.6 Å². The third kappa shape index (κ3) is 18.5. The van der Waals surface area contributed by atoms with Crippen LogP contribution in [0.25, 0.3) is 66.3 Å². The van der Waals surface area contributed by atoms with Gasteiger partial charge in [-0.3, -0.25) is 28.8 Å². The number of hydrogen-bond acceptors (Lipinski definition) is 25. The topological polar surface area (TPSA) is 453 Å².